The van der Waals surface area contributed by atoms with Crippen molar-refractivity contribution in [2.45, 2.75) is 12.8 Å². The quantitative estimate of drug-likeness (QED) is 0.710. The molecule has 2 atom stereocenters. The molecular formula is C22H24ClFN4O. The molecule has 0 unspecified atom stereocenters. The third-order valence-corrected chi connectivity index (χ3v) is 5.58. The molecule has 1 aliphatic heterocycles. The summed E-state index contributed by atoms with van der Waals surface area (Å²) in [6, 6.07) is 16.6. The molecule has 29 heavy (non-hydrogen) atoms. The number of amides is 1. The second kappa shape index (κ2) is 8.76. The highest BCUT2D eigenvalue weighted by atomic mass is 35.5. The zero-order valence-corrected chi connectivity index (χ0v) is 17.0. The fourth-order valence-electron chi connectivity index (χ4n) is 4.01. The van der Waals surface area contributed by atoms with E-state index in [0.717, 1.165) is 0 Å². The Morgan fingerprint density at radius 1 is 1.14 bits per heavy atom. The van der Waals surface area contributed by atoms with Crippen LogP contribution in [0.2, 0.25) is 0 Å². The molecule has 0 radical (unpaired) electrons. The highest BCUT2D eigenvalue weighted by Gasteiger charge is 2.36. The second-order valence-electron chi connectivity index (χ2n) is 7.23. The first-order chi connectivity index (χ1) is 13.6. The van der Waals surface area contributed by atoms with Crippen molar-refractivity contribution in [3.05, 3.63) is 83.4 Å². The van der Waals surface area contributed by atoms with Crippen LogP contribution in [0.25, 0.3) is 5.69 Å². The summed E-state index contributed by atoms with van der Waals surface area (Å²) in [5.74, 6) is -0.0245. The molecule has 2 N–H and O–H groups in total. The standard InChI is InChI=1S/C22H23FN4O.ClH/c1-15-18(12-25-27(15)21-10-6-5-9-20(21)23)22(28)26-13-17(11-24)19(14-26)16-7-3-2-4-8-16;/h2-10,12,17,19H,11,13-14,24H2,1H3;1H/t17-,19+;/m1./s1. The van der Waals surface area contributed by atoms with Gasteiger partial charge in [0.25, 0.3) is 5.91 Å². The van der Waals surface area contributed by atoms with Gasteiger partial charge in [-0.2, -0.15) is 5.10 Å². The van der Waals surface area contributed by atoms with Crippen molar-refractivity contribution in [1.82, 2.24) is 14.7 Å². The summed E-state index contributed by atoms with van der Waals surface area (Å²) < 4.78 is 15.6. The zero-order chi connectivity index (χ0) is 19.7. The lowest BCUT2D eigenvalue weighted by Crippen LogP contribution is -2.30. The van der Waals surface area contributed by atoms with Crippen molar-refractivity contribution in [2.24, 2.45) is 11.7 Å². The Morgan fingerprint density at radius 2 is 1.83 bits per heavy atom. The molecule has 1 saturated heterocycles. The average Bonchev–Trinajstić information content (AvgIpc) is 3.32. The molecule has 2 heterocycles. The molecule has 3 aromatic rings. The highest BCUT2D eigenvalue weighted by molar-refractivity contribution is 5.95. The molecule has 7 heteroatoms. The molecule has 2 aromatic carbocycles. The van der Waals surface area contributed by atoms with E-state index < -0.39 is 0 Å². The summed E-state index contributed by atoms with van der Waals surface area (Å²) in [6.07, 6.45) is 1.53. The van der Waals surface area contributed by atoms with Gasteiger partial charge in [-0.25, -0.2) is 9.07 Å². The van der Waals surface area contributed by atoms with E-state index >= 15 is 0 Å². The molecule has 1 aromatic heterocycles. The van der Waals surface area contributed by atoms with Gasteiger partial charge in [-0.3, -0.25) is 4.79 Å². The van der Waals surface area contributed by atoms with E-state index in [-0.39, 0.29) is 36.0 Å². The molecule has 0 aliphatic carbocycles. The minimum Gasteiger partial charge on any atom is -0.338 e. The molecule has 5 nitrogen and oxygen atoms in total. The lowest BCUT2D eigenvalue weighted by molar-refractivity contribution is 0.0785. The fourth-order valence-corrected chi connectivity index (χ4v) is 4.01. The number of hydrogen-bond acceptors (Lipinski definition) is 3. The van der Waals surface area contributed by atoms with Gasteiger partial charge in [0.15, 0.2) is 0 Å². The maximum Gasteiger partial charge on any atom is 0.257 e. The number of hydrogen-bond donors (Lipinski definition) is 1. The summed E-state index contributed by atoms with van der Waals surface area (Å²) in [6.45, 7) is 3.54. The summed E-state index contributed by atoms with van der Waals surface area (Å²) in [7, 11) is 0. The van der Waals surface area contributed by atoms with E-state index in [9.17, 15) is 9.18 Å². The number of carbonyl (C=O) groups excluding carboxylic acids is 1. The minimum atomic E-state index is -0.374. The van der Waals surface area contributed by atoms with E-state index in [0.29, 0.717) is 36.6 Å². The largest absolute Gasteiger partial charge is 0.338 e. The monoisotopic (exact) mass is 414 g/mol. The Balaban J connectivity index is 0.00000240. The molecule has 1 fully saturated rings. The van der Waals surface area contributed by atoms with Gasteiger partial charge in [0.1, 0.15) is 11.5 Å². The summed E-state index contributed by atoms with van der Waals surface area (Å²) in [4.78, 5) is 15.0. The molecule has 0 spiro atoms. The SMILES string of the molecule is Cc1c(C(=O)N2C[C@@H](CN)[C@H](c3ccccc3)C2)cnn1-c1ccccc1F.Cl. The first kappa shape index (κ1) is 21.0. The summed E-state index contributed by atoms with van der Waals surface area (Å²) in [5.41, 5.74) is 8.65. The Labute approximate surface area is 175 Å². The first-order valence-corrected chi connectivity index (χ1v) is 9.44. The summed E-state index contributed by atoms with van der Waals surface area (Å²) in [5, 5.41) is 4.26. The Hall–Kier alpha value is -2.70. The number of para-hydroxylation sites is 1. The van der Waals surface area contributed by atoms with Crippen molar-refractivity contribution in [3.63, 3.8) is 0 Å². The van der Waals surface area contributed by atoms with Crippen molar-refractivity contribution in [3.8, 4) is 5.69 Å². The van der Waals surface area contributed by atoms with Crippen LogP contribution in [0.4, 0.5) is 4.39 Å². The Morgan fingerprint density at radius 3 is 2.52 bits per heavy atom. The van der Waals surface area contributed by atoms with Crippen LogP contribution in [-0.4, -0.2) is 40.2 Å². The van der Waals surface area contributed by atoms with Crippen LogP contribution >= 0.6 is 12.4 Å². The molecule has 152 valence electrons. The first-order valence-electron chi connectivity index (χ1n) is 9.44. The molecule has 0 saturated carbocycles. The fraction of sp³-hybridized carbons (Fsp3) is 0.273. The number of aromatic nitrogens is 2. The van der Waals surface area contributed by atoms with Gasteiger partial charge < -0.3 is 10.6 Å². The van der Waals surface area contributed by atoms with Gasteiger partial charge in [0, 0.05) is 19.0 Å². The van der Waals surface area contributed by atoms with E-state index in [1.54, 1.807) is 25.1 Å². The normalized spacial score (nSPS) is 18.5. The Kier molecular flexibility index (Phi) is 6.35. The summed E-state index contributed by atoms with van der Waals surface area (Å²) >= 11 is 0. The van der Waals surface area contributed by atoms with E-state index in [1.165, 1.54) is 22.5 Å². The number of halogens is 2. The average molecular weight is 415 g/mol. The van der Waals surface area contributed by atoms with Gasteiger partial charge in [-0.05, 0) is 37.1 Å². The van der Waals surface area contributed by atoms with E-state index in [2.05, 4.69) is 17.2 Å². The minimum absolute atomic E-state index is 0. The number of rotatable bonds is 4. The van der Waals surface area contributed by atoms with Crippen LogP contribution in [-0.2, 0) is 0 Å². The van der Waals surface area contributed by atoms with Crippen molar-refractivity contribution < 1.29 is 9.18 Å². The number of nitrogens with zero attached hydrogens (tertiary/aromatic N) is 3. The number of likely N-dealkylation sites (tertiary alicyclic amines) is 1. The van der Waals surface area contributed by atoms with Gasteiger partial charge >= 0.3 is 0 Å². The number of benzene rings is 2. The topological polar surface area (TPSA) is 64.2 Å². The third-order valence-electron chi connectivity index (χ3n) is 5.58. The van der Waals surface area contributed by atoms with Crippen LogP contribution < -0.4 is 5.73 Å². The molecule has 4 rings (SSSR count). The van der Waals surface area contributed by atoms with Crippen molar-refractivity contribution >= 4 is 18.3 Å². The van der Waals surface area contributed by atoms with Gasteiger partial charge in [0.2, 0.25) is 0 Å². The zero-order valence-electron chi connectivity index (χ0n) is 16.2. The molecule has 1 amide bonds. The van der Waals surface area contributed by atoms with Crippen LogP contribution in [0.5, 0.6) is 0 Å². The van der Waals surface area contributed by atoms with Crippen LogP contribution in [0.3, 0.4) is 0 Å². The van der Waals surface area contributed by atoms with Crippen molar-refractivity contribution in [2.75, 3.05) is 19.6 Å². The van der Waals surface area contributed by atoms with E-state index in [4.69, 9.17) is 5.73 Å². The predicted molar refractivity (Wildman–Crippen MR) is 113 cm³/mol. The molecule has 1 aliphatic rings. The van der Waals surface area contributed by atoms with Crippen molar-refractivity contribution in [1.29, 1.82) is 0 Å². The Bertz CT molecular complexity index is 991. The van der Waals surface area contributed by atoms with Crippen LogP contribution in [0.15, 0.2) is 60.8 Å². The highest BCUT2D eigenvalue weighted by Crippen LogP contribution is 2.33. The lowest BCUT2D eigenvalue weighted by atomic mass is 9.89. The smallest absolute Gasteiger partial charge is 0.257 e. The lowest BCUT2D eigenvalue weighted by Gasteiger charge is -2.17. The number of carbonyl (C=O) groups is 1. The second-order valence-corrected chi connectivity index (χ2v) is 7.23. The van der Waals surface area contributed by atoms with Crippen LogP contribution in [0.1, 0.15) is 27.5 Å². The molecule has 0 bridgehead atoms. The third kappa shape index (κ3) is 3.91. The van der Waals surface area contributed by atoms with E-state index in [1.807, 2.05) is 23.1 Å². The number of nitrogens with two attached hydrogens (primary N) is 1. The van der Waals surface area contributed by atoms with Gasteiger partial charge in [0.05, 0.1) is 17.5 Å². The maximum absolute atomic E-state index is 14.1. The van der Waals surface area contributed by atoms with Crippen LogP contribution in [0, 0.1) is 18.7 Å². The predicted octanol–water partition coefficient (Wildman–Crippen LogP) is 3.56. The van der Waals surface area contributed by atoms with Gasteiger partial charge in [-0.1, -0.05) is 42.5 Å². The molecular weight excluding hydrogens is 391 g/mol. The maximum atomic E-state index is 14.1. The van der Waals surface area contributed by atoms with Gasteiger partial charge in [-0.15, -0.1) is 12.4 Å².